The number of carbonyl (C=O) groups excluding carboxylic acids is 1. The van der Waals surface area contributed by atoms with E-state index in [0.29, 0.717) is 21.3 Å². The van der Waals surface area contributed by atoms with E-state index in [9.17, 15) is 14.9 Å². The quantitative estimate of drug-likeness (QED) is 0.586. The Morgan fingerprint density at radius 3 is 2.52 bits per heavy atom. The van der Waals surface area contributed by atoms with Crippen LogP contribution in [0.4, 0.5) is 11.4 Å². The average Bonchev–Trinajstić information content (AvgIpc) is 2.43. The second-order valence-electron chi connectivity index (χ2n) is 4.33. The summed E-state index contributed by atoms with van der Waals surface area (Å²) in [6.07, 6.45) is 0. The minimum atomic E-state index is -0.469. The molecule has 5 nitrogen and oxygen atoms in total. The van der Waals surface area contributed by atoms with E-state index in [1.807, 2.05) is 6.07 Å². The number of nitro benzene ring substituents is 1. The van der Waals surface area contributed by atoms with Gasteiger partial charge in [0.25, 0.3) is 11.6 Å². The van der Waals surface area contributed by atoms with Crippen molar-refractivity contribution in [3.63, 3.8) is 0 Å². The summed E-state index contributed by atoms with van der Waals surface area (Å²) in [6.45, 7) is 1.71. The molecule has 2 aromatic carbocycles. The number of halogens is 2. The van der Waals surface area contributed by atoms with Crippen LogP contribution >= 0.6 is 31.9 Å². The van der Waals surface area contributed by atoms with Crippen LogP contribution in [-0.4, -0.2) is 10.8 Å². The third-order valence-electron chi connectivity index (χ3n) is 2.84. The van der Waals surface area contributed by atoms with Crippen molar-refractivity contribution in [2.75, 3.05) is 5.32 Å². The van der Waals surface area contributed by atoms with Crippen molar-refractivity contribution in [1.29, 1.82) is 0 Å². The molecule has 1 N–H and O–H groups in total. The molecule has 0 saturated carbocycles. The lowest BCUT2D eigenvalue weighted by Crippen LogP contribution is -2.13. The van der Waals surface area contributed by atoms with Gasteiger partial charge in [-0.05, 0) is 52.7 Å². The van der Waals surface area contributed by atoms with Crippen LogP contribution in [0.25, 0.3) is 0 Å². The Morgan fingerprint density at radius 2 is 1.90 bits per heavy atom. The van der Waals surface area contributed by atoms with Gasteiger partial charge in [0, 0.05) is 26.8 Å². The first-order chi connectivity index (χ1) is 9.88. The maximum atomic E-state index is 12.3. The second-order valence-corrected chi connectivity index (χ2v) is 6.10. The molecule has 0 saturated heterocycles. The molecule has 2 aromatic rings. The Bertz CT molecular complexity index is 732. The molecule has 0 bridgehead atoms. The van der Waals surface area contributed by atoms with E-state index in [1.54, 1.807) is 19.1 Å². The van der Waals surface area contributed by atoms with Crippen molar-refractivity contribution in [3.05, 3.63) is 66.6 Å². The molecule has 2 rings (SSSR count). The first kappa shape index (κ1) is 15.7. The lowest BCUT2D eigenvalue weighted by Gasteiger charge is -2.09. The average molecular weight is 414 g/mol. The molecule has 0 radical (unpaired) electrons. The van der Waals surface area contributed by atoms with E-state index in [1.165, 1.54) is 18.2 Å². The topological polar surface area (TPSA) is 72.2 Å². The summed E-state index contributed by atoms with van der Waals surface area (Å²) in [6, 6.07) is 9.58. The highest BCUT2D eigenvalue weighted by Gasteiger charge is 2.14. The van der Waals surface area contributed by atoms with E-state index in [-0.39, 0.29) is 11.6 Å². The summed E-state index contributed by atoms with van der Waals surface area (Å²) in [4.78, 5) is 22.5. The molecule has 1 amide bonds. The van der Waals surface area contributed by atoms with Crippen LogP contribution < -0.4 is 5.32 Å². The third kappa shape index (κ3) is 3.68. The Labute approximate surface area is 137 Å². The van der Waals surface area contributed by atoms with E-state index >= 15 is 0 Å². The number of anilines is 1. The highest BCUT2D eigenvalue weighted by molar-refractivity contribution is 9.11. The molecule has 7 heteroatoms. The first-order valence-electron chi connectivity index (χ1n) is 5.90. The molecule has 0 atom stereocenters. The fourth-order valence-electron chi connectivity index (χ4n) is 1.76. The Kier molecular flexibility index (Phi) is 4.74. The summed E-state index contributed by atoms with van der Waals surface area (Å²) in [5.41, 5.74) is 1.64. The zero-order valence-corrected chi connectivity index (χ0v) is 14.1. The maximum absolute atomic E-state index is 12.3. The van der Waals surface area contributed by atoms with E-state index in [0.717, 1.165) is 4.47 Å². The molecule has 21 heavy (non-hydrogen) atoms. The minimum absolute atomic E-state index is 0.00543. The fourth-order valence-corrected chi connectivity index (χ4v) is 2.55. The normalized spacial score (nSPS) is 10.2. The summed E-state index contributed by atoms with van der Waals surface area (Å²) in [5, 5.41) is 13.4. The monoisotopic (exact) mass is 412 g/mol. The largest absolute Gasteiger partial charge is 0.322 e. The smallest absolute Gasteiger partial charge is 0.269 e. The van der Waals surface area contributed by atoms with Crippen molar-refractivity contribution in [1.82, 2.24) is 0 Å². The van der Waals surface area contributed by atoms with Gasteiger partial charge in [-0.25, -0.2) is 0 Å². The van der Waals surface area contributed by atoms with Crippen LogP contribution in [0.1, 0.15) is 15.9 Å². The summed E-state index contributed by atoms with van der Waals surface area (Å²) >= 11 is 6.64. The van der Waals surface area contributed by atoms with Gasteiger partial charge in [0.15, 0.2) is 0 Å². The molecule has 0 aliphatic rings. The van der Waals surface area contributed by atoms with Crippen molar-refractivity contribution >= 4 is 49.1 Å². The van der Waals surface area contributed by atoms with Gasteiger partial charge in [0.05, 0.1) is 10.5 Å². The van der Waals surface area contributed by atoms with Crippen molar-refractivity contribution < 1.29 is 9.72 Å². The number of amides is 1. The lowest BCUT2D eigenvalue weighted by molar-refractivity contribution is -0.384. The predicted octanol–water partition coefficient (Wildman–Crippen LogP) is 4.68. The highest BCUT2D eigenvalue weighted by Crippen LogP contribution is 2.25. The number of hydrogen-bond donors (Lipinski definition) is 1. The van der Waals surface area contributed by atoms with Crippen molar-refractivity contribution in [3.8, 4) is 0 Å². The zero-order chi connectivity index (χ0) is 15.6. The minimum Gasteiger partial charge on any atom is -0.322 e. The number of aryl methyl sites for hydroxylation is 1. The van der Waals surface area contributed by atoms with Gasteiger partial charge in [0.1, 0.15) is 0 Å². The summed E-state index contributed by atoms with van der Waals surface area (Å²) < 4.78 is 1.46. The molecular formula is C14H10Br2N2O3. The van der Waals surface area contributed by atoms with Crippen LogP contribution in [0.15, 0.2) is 45.3 Å². The number of benzene rings is 2. The van der Waals surface area contributed by atoms with Crippen LogP contribution in [-0.2, 0) is 0 Å². The SMILES string of the molecule is Cc1cc([N+](=O)[O-])ccc1NC(=O)c1cc(Br)ccc1Br. The van der Waals surface area contributed by atoms with Crippen molar-refractivity contribution in [2.45, 2.75) is 6.92 Å². The first-order valence-corrected chi connectivity index (χ1v) is 7.48. The lowest BCUT2D eigenvalue weighted by atomic mass is 10.1. The molecule has 0 unspecified atom stereocenters. The number of nitrogens with one attached hydrogen (secondary N) is 1. The van der Waals surface area contributed by atoms with Gasteiger partial charge < -0.3 is 5.32 Å². The van der Waals surface area contributed by atoms with Gasteiger partial charge in [-0.1, -0.05) is 15.9 Å². The molecule has 0 spiro atoms. The predicted molar refractivity (Wildman–Crippen MR) is 87.6 cm³/mol. The van der Waals surface area contributed by atoms with Gasteiger partial charge in [0.2, 0.25) is 0 Å². The van der Waals surface area contributed by atoms with Gasteiger partial charge in [-0.15, -0.1) is 0 Å². The van der Waals surface area contributed by atoms with E-state index < -0.39 is 4.92 Å². The van der Waals surface area contributed by atoms with Crippen LogP contribution in [0.5, 0.6) is 0 Å². The highest BCUT2D eigenvalue weighted by atomic mass is 79.9. The zero-order valence-electron chi connectivity index (χ0n) is 10.9. The van der Waals surface area contributed by atoms with Crippen LogP contribution in [0.3, 0.4) is 0 Å². The number of nitrogens with zero attached hydrogens (tertiary/aromatic N) is 1. The number of nitro groups is 1. The molecular weight excluding hydrogens is 404 g/mol. The molecule has 0 heterocycles. The number of rotatable bonds is 3. The van der Waals surface area contributed by atoms with Gasteiger partial charge in [-0.2, -0.15) is 0 Å². The second kappa shape index (κ2) is 6.36. The summed E-state index contributed by atoms with van der Waals surface area (Å²) in [5.74, 6) is -0.292. The number of non-ortho nitro benzene ring substituents is 1. The molecule has 0 aliphatic carbocycles. The molecule has 0 aliphatic heterocycles. The van der Waals surface area contributed by atoms with Gasteiger partial charge >= 0.3 is 0 Å². The fraction of sp³-hybridized carbons (Fsp3) is 0.0714. The standard InChI is InChI=1S/C14H10Br2N2O3/c1-8-6-10(18(20)21)3-5-13(8)17-14(19)11-7-9(15)2-4-12(11)16/h2-7H,1H3,(H,17,19). The van der Waals surface area contributed by atoms with Crippen LogP contribution in [0.2, 0.25) is 0 Å². The Balaban J connectivity index is 2.27. The third-order valence-corrected chi connectivity index (χ3v) is 4.03. The molecule has 108 valence electrons. The van der Waals surface area contributed by atoms with E-state index in [2.05, 4.69) is 37.2 Å². The molecule has 0 aromatic heterocycles. The molecule has 0 fully saturated rings. The van der Waals surface area contributed by atoms with E-state index in [4.69, 9.17) is 0 Å². The Morgan fingerprint density at radius 1 is 1.19 bits per heavy atom. The Hall–Kier alpha value is -1.73. The summed E-state index contributed by atoms with van der Waals surface area (Å²) in [7, 11) is 0. The number of hydrogen-bond acceptors (Lipinski definition) is 3. The van der Waals surface area contributed by atoms with Crippen molar-refractivity contribution in [2.24, 2.45) is 0 Å². The maximum Gasteiger partial charge on any atom is 0.269 e. The number of carbonyl (C=O) groups is 1. The van der Waals surface area contributed by atoms with Crippen LogP contribution in [0, 0.1) is 17.0 Å². The van der Waals surface area contributed by atoms with Gasteiger partial charge in [-0.3, -0.25) is 14.9 Å².